The third kappa shape index (κ3) is 3.67. The first-order chi connectivity index (χ1) is 13.6. The summed E-state index contributed by atoms with van der Waals surface area (Å²) in [6.07, 6.45) is 7.11. The highest BCUT2D eigenvalue weighted by Crippen LogP contribution is 2.40. The van der Waals surface area contributed by atoms with Gasteiger partial charge in [-0.15, -0.1) is 0 Å². The van der Waals surface area contributed by atoms with Crippen LogP contribution in [0.15, 0.2) is 12.4 Å². The van der Waals surface area contributed by atoms with Crippen LogP contribution in [-0.4, -0.2) is 76.7 Å². The number of aromatic nitrogens is 2. The molecule has 3 aliphatic heterocycles. The lowest BCUT2D eigenvalue weighted by atomic mass is 9.88. The van der Waals surface area contributed by atoms with Gasteiger partial charge in [-0.2, -0.15) is 0 Å². The smallest absolute Gasteiger partial charge is 0.253 e. The van der Waals surface area contributed by atoms with Gasteiger partial charge >= 0.3 is 0 Å². The minimum absolute atomic E-state index is 0.0310. The molecule has 1 spiro atoms. The maximum absolute atomic E-state index is 13.0. The van der Waals surface area contributed by atoms with E-state index in [0.717, 1.165) is 18.7 Å². The molecule has 0 saturated carbocycles. The molecular formula is C20H30N4O4. The molecule has 8 heteroatoms. The molecule has 3 aliphatic rings. The van der Waals surface area contributed by atoms with Gasteiger partial charge in [0.15, 0.2) is 6.10 Å². The summed E-state index contributed by atoms with van der Waals surface area (Å²) in [4.78, 5) is 33.8. The van der Waals surface area contributed by atoms with E-state index in [1.54, 1.807) is 6.20 Å². The molecule has 8 nitrogen and oxygen atoms in total. The van der Waals surface area contributed by atoms with Crippen LogP contribution < -0.4 is 0 Å². The number of carbonyl (C=O) groups excluding carboxylic acids is 2. The average molecular weight is 390 g/mol. The van der Waals surface area contributed by atoms with Crippen molar-refractivity contribution in [3.8, 4) is 0 Å². The fourth-order valence-corrected chi connectivity index (χ4v) is 4.46. The first-order valence-electron chi connectivity index (χ1n) is 10.5. The van der Waals surface area contributed by atoms with Crippen LogP contribution in [0.3, 0.4) is 0 Å². The second-order valence-electron chi connectivity index (χ2n) is 7.93. The number of piperidine rings is 1. The number of ether oxygens (including phenoxy) is 2. The fourth-order valence-electron chi connectivity index (χ4n) is 4.46. The number of carbonyl (C=O) groups is 2. The lowest BCUT2D eigenvalue weighted by Crippen LogP contribution is -2.56. The first kappa shape index (κ1) is 19.4. The Hall–Kier alpha value is -1.93. The summed E-state index contributed by atoms with van der Waals surface area (Å²) < 4.78 is 13.9. The molecule has 0 radical (unpaired) electrons. The molecule has 2 amide bonds. The molecule has 0 aliphatic carbocycles. The molecule has 1 aromatic rings. The lowest BCUT2D eigenvalue weighted by Gasteiger charge is -2.46. The van der Waals surface area contributed by atoms with Crippen molar-refractivity contribution in [3.63, 3.8) is 0 Å². The van der Waals surface area contributed by atoms with Crippen LogP contribution in [-0.2, 0) is 31.2 Å². The van der Waals surface area contributed by atoms with Gasteiger partial charge in [-0.1, -0.05) is 13.3 Å². The van der Waals surface area contributed by atoms with Crippen LogP contribution in [0.4, 0.5) is 0 Å². The first-order valence-corrected chi connectivity index (χ1v) is 10.5. The summed E-state index contributed by atoms with van der Waals surface area (Å²) >= 11 is 0. The zero-order valence-corrected chi connectivity index (χ0v) is 16.6. The minimum atomic E-state index is -0.587. The van der Waals surface area contributed by atoms with Crippen molar-refractivity contribution < 1.29 is 19.1 Å². The number of imidazole rings is 1. The maximum atomic E-state index is 13.0. The van der Waals surface area contributed by atoms with Crippen molar-refractivity contribution in [1.29, 1.82) is 0 Å². The minimum Gasteiger partial charge on any atom is -0.378 e. The highest BCUT2D eigenvalue weighted by Gasteiger charge is 2.48. The lowest BCUT2D eigenvalue weighted by molar-refractivity contribution is -0.184. The number of unbranched alkanes of at least 4 members (excludes halogenated alkanes) is 1. The number of rotatable bonds is 4. The van der Waals surface area contributed by atoms with E-state index >= 15 is 0 Å². The summed E-state index contributed by atoms with van der Waals surface area (Å²) in [7, 11) is 0. The number of likely N-dealkylation sites (tertiary alicyclic amines) is 1. The predicted molar refractivity (Wildman–Crippen MR) is 102 cm³/mol. The van der Waals surface area contributed by atoms with E-state index in [0.29, 0.717) is 65.2 Å². The molecule has 4 heterocycles. The second kappa shape index (κ2) is 8.21. The van der Waals surface area contributed by atoms with Crippen LogP contribution in [0.5, 0.6) is 0 Å². The maximum Gasteiger partial charge on any atom is 0.253 e. The Labute approximate surface area is 165 Å². The third-order valence-corrected chi connectivity index (χ3v) is 6.12. The highest BCUT2D eigenvalue weighted by molar-refractivity contribution is 5.81. The Morgan fingerprint density at radius 2 is 1.93 bits per heavy atom. The van der Waals surface area contributed by atoms with E-state index in [2.05, 4.69) is 16.5 Å². The molecule has 2 saturated heterocycles. The van der Waals surface area contributed by atoms with Crippen molar-refractivity contribution in [3.05, 3.63) is 18.2 Å². The van der Waals surface area contributed by atoms with Crippen molar-refractivity contribution in [1.82, 2.24) is 19.4 Å². The van der Waals surface area contributed by atoms with E-state index in [4.69, 9.17) is 9.47 Å². The van der Waals surface area contributed by atoms with Gasteiger partial charge in [0, 0.05) is 57.8 Å². The van der Waals surface area contributed by atoms with Crippen LogP contribution >= 0.6 is 0 Å². The molecule has 0 unspecified atom stereocenters. The van der Waals surface area contributed by atoms with Gasteiger partial charge in [0.2, 0.25) is 5.91 Å². The highest BCUT2D eigenvalue weighted by atomic mass is 16.5. The van der Waals surface area contributed by atoms with E-state index in [1.807, 2.05) is 16.0 Å². The fraction of sp³-hybridized carbons (Fsp3) is 0.750. The Kier molecular flexibility index (Phi) is 5.68. The Morgan fingerprint density at radius 1 is 1.18 bits per heavy atom. The molecule has 154 valence electrons. The van der Waals surface area contributed by atoms with Gasteiger partial charge in [-0.05, 0) is 6.42 Å². The molecule has 4 rings (SSSR count). The number of hydrogen-bond acceptors (Lipinski definition) is 5. The number of hydrogen-bond donors (Lipinski definition) is 0. The van der Waals surface area contributed by atoms with Crippen LogP contribution in [0.2, 0.25) is 0 Å². The molecule has 0 aromatic carbocycles. The second-order valence-corrected chi connectivity index (χ2v) is 7.93. The van der Waals surface area contributed by atoms with Gasteiger partial charge < -0.3 is 23.8 Å². The topological polar surface area (TPSA) is 76.9 Å². The third-order valence-electron chi connectivity index (χ3n) is 6.12. The van der Waals surface area contributed by atoms with Crippen molar-refractivity contribution in [2.75, 3.05) is 39.4 Å². The molecular weight excluding hydrogens is 360 g/mol. The predicted octanol–water partition coefficient (Wildman–Crippen LogP) is 1.15. The normalized spacial score (nSPS) is 24.2. The van der Waals surface area contributed by atoms with Crippen LogP contribution in [0.1, 0.15) is 44.9 Å². The number of amides is 2. The van der Waals surface area contributed by atoms with Crippen LogP contribution in [0, 0.1) is 0 Å². The number of fused-ring (bicyclic) bond motifs is 2. The quantitative estimate of drug-likeness (QED) is 0.771. The van der Waals surface area contributed by atoms with Gasteiger partial charge in [0.1, 0.15) is 11.4 Å². The van der Waals surface area contributed by atoms with Crippen molar-refractivity contribution in [2.24, 2.45) is 0 Å². The number of nitrogens with zero attached hydrogens (tertiary/aromatic N) is 4. The van der Waals surface area contributed by atoms with Crippen molar-refractivity contribution in [2.45, 2.75) is 57.3 Å². The summed E-state index contributed by atoms with van der Waals surface area (Å²) in [5.74, 6) is 1.14. The Morgan fingerprint density at radius 3 is 2.64 bits per heavy atom. The molecule has 28 heavy (non-hydrogen) atoms. The zero-order valence-electron chi connectivity index (χ0n) is 16.6. The SMILES string of the molecule is CCCCC(=O)N1CCC2(CC1)O[C@H](C(=O)N1CCOCC1)Cn1ccnc12. The standard InChI is InChI=1S/C20H30N4O4/c1-2-3-4-17(25)22-8-5-20(6-9-22)19-21-7-10-24(19)15-16(28-20)18(26)23-11-13-27-14-12-23/h7,10,16H,2-6,8-9,11-15H2,1H3/t16-/m0/s1. The van der Waals surface area contributed by atoms with E-state index in [9.17, 15) is 9.59 Å². The monoisotopic (exact) mass is 390 g/mol. The van der Waals surface area contributed by atoms with Gasteiger partial charge in [0.25, 0.3) is 5.91 Å². The molecule has 1 atom stereocenters. The van der Waals surface area contributed by atoms with E-state index in [-0.39, 0.29) is 11.8 Å². The van der Waals surface area contributed by atoms with Gasteiger partial charge in [0.05, 0.1) is 19.8 Å². The number of morpholine rings is 1. The Balaban J connectivity index is 1.48. The van der Waals surface area contributed by atoms with Crippen LogP contribution in [0.25, 0.3) is 0 Å². The summed E-state index contributed by atoms with van der Waals surface area (Å²) in [6.45, 7) is 6.27. The summed E-state index contributed by atoms with van der Waals surface area (Å²) in [5, 5.41) is 0. The Bertz CT molecular complexity index is 705. The summed E-state index contributed by atoms with van der Waals surface area (Å²) in [6, 6.07) is 0. The average Bonchev–Trinajstić information content (AvgIpc) is 3.22. The van der Waals surface area contributed by atoms with Gasteiger partial charge in [-0.3, -0.25) is 9.59 Å². The summed E-state index contributed by atoms with van der Waals surface area (Å²) in [5.41, 5.74) is -0.587. The zero-order chi connectivity index (χ0) is 19.6. The molecule has 2 fully saturated rings. The molecule has 0 N–H and O–H groups in total. The van der Waals surface area contributed by atoms with Gasteiger partial charge in [-0.25, -0.2) is 4.98 Å². The molecule has 0 bridgehead atoms. The van der Waals surface area contributed by atoms with E-state index in [1.165, 1.54) is 0 Å². The largest absolute Gasteiger partial charge is 0.378 e. The van der Waals surface area contributed by atoms with E-state index < -0.39 is 11.7 Å². The van der Waals surface area contributed by atoms with Crippen molar-refractivity contribution >= 4 is 11.8 Å². The molecule has 1 aromatic heterocycles.